The summed E-state index contributed by atoms with van der Waals surface area (Å²) in [6.45, 7) is 21.1. The predicted molar refractivity (Wildman–Crippen MR) is 407 cm³/mol. The van der Waals surface area contributed by atoms with Crippen LogP contribution in [0.4, 0.5) is 27.2 Å². The van der Waals surface area contributed by atoms with E-state index < -0.39 is 186 Å². The number of fused-ring (bicyclic) bond motifs is 2. The molecule has 4 saturated carbocycles. The Morgan fingerprint density at radius 2 is 0.893 bits per heavy atom. The predicted octanol–water partition coefficient (Wildman–Crippen LogP) is 7.63. The largest absolute Gasteiger partial charge is 0.480 e. The molecule has 8 unspecified atom stereocenters. The molecule has 2 aromatic rings. The molecule has 0 bridgehead atoms. The Hall–Kier alpha value is -8.81. The first-order valence-electron chi connectivity index (χ1n) is 38.1. The van der Waals surface area contributed by atoms with Gasteiger partial charge in [-0.3, -0.25) is 52.7 Å². The number of rotatable bonds is 28. The number of likely N-dealkylation sites (N-methyl/N-ethyl adjacent to an activating group) is 2. The summed E-state index contributed by atoms with van der Waals surface area (Å²) in [5, 5.41) is 24.7. The first-order chi connectivity index (χ1) is 51.5. The maximum atomic E-state index is 14.4. The average molecular weight is 1600 g/mol. The number of carboxylic acid groups (broad SMARTS) is 1. The molecule has 8 rings (SSSR count). The highest BCUT2D eigenvalue weighted by molar-refractivity contribution is 6.38. The number of carbonyl (C=O) groups is 14. The molecule has 28 nitrogen and oxygen atoms in total. The van der Waals surface area contributed by atoms with E-state index >= 15 is 0 Å². The fourth-order valence-electron chi connectivity index (χ4n) is 15.6. The lowest BCUT2D eigenvalue weighted by molar-refractivity contribution is -0.152. The third-order valence-corrected chi connectivity index (χ3v) is 21.8. The van der Waals surface area contributed by atoms with Gasteiger partial charge in [-0.1, -0.05) is 115 Å². The highest BCUT2D eigenvalue weighted by atomic mass is 35.5. The zero-order chi connectivity index (χ0) is 83.4. The van der Waals surface area contributed by atoms with E-state index in [1.165, 1.54) is 19.6 Å². The Labute approximate surface area is 659 Å². The Morgan fingerprint density at radius 1 is 0.545 bits per heavy atom. The lowest BCUT2D eigenvalue weighted by Gasteiger charge is -2.38. The van der Waals surface area contributed by atoms with Crippen LogP contribution in [-0.2, 0) is 67.0 Å². The number of Topliss-reactive ketones (excluding diaryl/α,β-unsaturated/α-hetero) is 3. The van der Waals surface area contributed by atoms with E-state index in [4.69, 9.17) is 15.2 Å². The molecule has 6 fully saturated rings. The molecule has 4 aliphatic carbocycles. The van der Waals surface area contributed by atoms with Gasteiger partial charge in [0.2, 0.25) is 58.9 Å². The van der Waals surface area contributed by atoms with Crippen molar-refractivity contribution in [2.24, 2.45) is 58.0 Å². The van der Waals surface area contributed by atoms with Crippen molar-refractivity contribution in [3.8, 4) is 0 Å². The second-order valence-corrected chi connectivity index (χ2v) is 33.7. The van der Waals surface area contributed by atoms with Crippen molar-refractivity contribution < 1.29 is 99.3 Å². The van der Waals surface area contributed by atoms with Gasteiger partial charge in [0.15, 0.2) is 5.78 Å². The van der Waals surface area contributed by atoms with E-state index in [0.717, 1.165) is 0 Å². The van der Waals surface area contributed by atoms with Crippen LogP contribution >= 0.6 is 12.4 Å². The zero-order valence-corrected chi connectivity index (χ0v) is 68.0. The fraction of sp³-hybridized carbons (Fsp3) is 0.671. The summed E-state index contributed by atoms with van der Waals surface area (Å²) in [5.41, 5.74) is 4.63. The number of carboxylic acids is 1. The van der Waals surface area contributed by atoms with Gasteiger partial charge in [0.1, 0.15) is 41.4 Å². The monoisotopic (exact) mass is 1600 g/mol. The third-order valence-electron chi connectivity index (χ3n) is 21.8. The van der Waals surface area contributed by atoms with Gasteiger partial charge < -0.3 is 71.8 Å². The number of ketones is 3. The minimum Gasteiger partial charge on any atom is -0.480 e. The fourth-order valence-corrected chi connectivity index (χ4v) is 15.6. The number of ether oxygens (including phenoxy) is 2. The standard InChI is InChI=1S/C40H57F2N5O8.C21H32F2N2O5.C18H26N4O4.ClH/c1-9-13-25(33(50)34(51)43-21-28(49)44-30(35(52)46(7)8)23-14-11-10-12-15-23)20-27(48)32-29-26(39(29,5)6)22-47(32)36(53)31(45-37(54)55-38(2,3)4)24-16-18-40(41,42)19-17-24;1-19(2,3)30-18(29)24-14(11-6-8-21(22,23)9-7-11)16(26)25-10-12-13(20(12,4)5)15(25)17(27)28;1-4-8-13(19)16(24)17(25)20-11-14(23)21-15(18(26)22(2)3)12-9-6-5-7-10-12;/h10-12,14-15,24-26,29-32H,9,13,16-22H2,1-8H3,(H,43,51)(H,44,49)(H,45,54);11-15H,6-10H2,1-5H3,(H,24,29)(H,27,28);5-7,9-10,13,15H,4,8,11,19H2,1-3H3,(H,20,25)(H,21,23);1H/t25?,26-,29?,30-,31?,32?;12-,13?,14?,15?;13?,15-;/m000./s1. The molecule has 0 radical (unpaired) electrons. The highest BCUT2D eigenvalue weighted by Crippen LogP contribution is 2.66. The van der Waals surface area contributed by atoms with Crippen LogP contribution in [0.25, 0.3) is 0 Å². The Kier molecular flexibility index (Phi) is 32.5. The smallest absolute Gasteiger partial charge is 0.408 e. The summed E-state index contributed by atoms with van der Waals surface area (Å²) in [7, 11) is 6.26. The molecule has 2 aliphatic heterocycles. The minimum atomic E-state index is -2.87. The summed E-state index contributed by atoms with van der Waals surface area (Å²) in [6.07, 6.45) is -1.79. The van der Waals surface area contributed by atoms with Gasteiger partial charge in [-0.25, -0.2) is 31.9 Å². The maximum Gasteiger partial charge on any atom is 0.408 e. The van der Waals surface area contributed by atoms with Crippen molar-refractivity contribution in [3.63, 3.8) is 0 Å². The van der Waals surface area contributed by atoms with Gasteiger partial charge in [0.05, 0.1) is 25.2 Å². The number of carbonyl (C=O) groups excluding carboxylic acids is 13. The Bertz CT molecular complexity index is 3710. The van der Waals surface area contributed by atoms with Gasteiger partial charge in [-0.15, -0.1) is 12.4 Å². The number of halogens is 5. The Morgan fingerprint density at radius 3 is 1.23 bits per heavy atom. The number of benzene rings is 2. The van der Waals surface area contributed by atoms with E-state index in [9.17, 15) is 89.8 Å². The number of piperidine rings is 2. The second kappa shape index (κ2) is 38.8. The molecule has 10 amide bonds. The van der Waals surface area contributed by atoms with Crippen LogP contribution in [0, 0.1) is 52.3 Å². The number of nitrogens with two attached hydrogens (primary N) is 1. The lowest BCUT2D eigenvalue weighted by Crippen LogP contribution is -2.57. The molecule has 33 heteroatoms. The Balaban J connectivity index is 0.000000331. The van der Waals surface area contributed by atoms with Crippen molar-refractivity contribution >= 4 is 95.2 Å². The molecule has 2 heterocycles. The molecule has 2 saturated heterocycles. The SMILES string of the molecule is CC(C)(C)OC(=O)NC(C(=O)N1C[C@H]2C(C1C(=O)O)C2(C)C)C1CCC(F)(F)CC1.CCCC(CC(=O)C1C2[C@H](CN1C(=O)C(NC(=O)OC(C)(C)C)C1CCC(F)(F)CC1)C2(C)C)C(=O)C(=O)NCC(=O)N[C@H](C(=O)N(C)C)c1ccccc1.CCCC(N)C(=O)C(=O)NCC(=O)N[C@H](C(=O)N(C)C)c1ccccc1.Cl. The molecular weight excluding hydrogens is 1490 g/mol. The van der Waals surface area contributed by atoms with Crippen LogP contribution in [0.3, 0.4) is 0 Å². The molecular formula is C79H116ClF4N11O17. The van der Waals surface area contributed by atoms with Gasteiger partial charge in [0.25, 0.3) is 11.8 Å². The number of alkyl halides is 4. The van der Waals surface area contributed by atoms with Crippen molar-refractivity contribution in [2.75, 3.05) is 54.4 Å². The van der Waals surface area contributed by atoms with Crippen molar-refractivity contribution in [1.29, 1.82) is 0 Å². The quantitative estimate of drug-likeness (QED) is 0.0300. The molecule has 624 valence electrons. The molecule has 9 N–H and O–H groups in total. The summed E-state index contributed by atoms with van der Waals surface area (Å²) in [4.78, 5) is 185. The molecule has 6 aliphatic rings. The second-order valence-electron chi connectivity index (χ2n) is 33.7. The maximum absolute atomic E-state index is 14.4. The van der Waals surface area contributed by atoms with Crippen molar-refractivity contribution in [2.45, 2.75) is 232 Å². The molecule has 12 atom stereocenters. The van der Waals surface area contributed by atoms with E-state index in [1.807, 2.05) is 34.6 Å². The van der Waals surface area contributed by atoms with E-state index in [1.54, 1.807) is 137 Å². The summed E-state index contributed by atoms with van der Waals surface area (Å²) < 4.78 is 66.3. The summed E-state index contributed by atoms with van der Waals surface area (Å²) in [6, 6.07) is 10.3. The van der Waals surface area contributed by atoms with E-state index in [-0.39, 0.29) is 111 Å². The molecule has 0 aromatic heterocycles. The lowest BCUT2D eigenvalue weighted by atomic mass is 9.81. The van der Waals surface area contributed by atoms with Crippen LogP contribution in [0.1, 0.15) is 190 Å². The highest BCUT2D eigenvalue weighted by Gasteiger charge is 2.71. The topological polar surface area (TPSA) is 389 Å². The van der Waals surface area contributed by atoms with Crippen LogP contribution < -0.4 is 37.6 Å². The van der Waals surface area contributed by atoms with Gasteiger partial charge in [-0.05, 0) is 132 Å². The molecule has 112 heavy (non-hydrogen) atoms. The first-order valence-corrected chi connectivity index (χ1v) is 38.1. The number of hydrogen-bond acceptors (Lipinski definition) is 17. The number of hydrogen-bond donors (Lipinski definition) is 8. The van der Waals surface area contributed by atoms with Gasteiger partial charge in [0, 0.05) is 85.2 Å². The van der Waals surface area contributed by atoms with Crippen LogP contribution in [-0.4, -0.2) is 215 Å². The third kappa shape index (κ3) is 25.1. The van der Waals surface area contributed by atoms with Crippen molar-refractivity contribution in [1.82, 2.24) is 51.5 Å². The summed E-state index contributed by atoms with van der Waals surface area (Å²) >= 11 is 0. The first kappa shape index (κ1) is 93.8. The van der Waals surface area contributed by atoms with Crippen molar-refractivity contribution in [3.05, 3.63) is 71.8 Å². The molecule has 2 aromatic carbocycles. The van der Waals surface area contributed by atoms with Crippen LogP contribution in [0.2, 0.25) is 0 Å². The van der Waals surface area contributed by atoms with E-state index in [0.29, 0.717) is 36.9 Å². The number of nitrogens with one attached hydrogen (secondary N) is 6. The zero-order valence-electron chi connectivity index (χ0n) is 67.1. The van der Waals surface area contributed by atoms with E-state index in [2.05, 4.69) is 31.9 Å². The summed E-state index contributed by atoms with van der Waals surface area (Å²) in [5.74, 6) is -16.3. The average Bonchev–Trinajstić information content (AvgIpc) is 1.54. The van der Waals surface area contributed by atoms with Crippen LogP contribution in [0.5, 0.6) is 0 Å². The normalized spacial score (nSPS) is 22.5. The number of likely N-dealkylation sites (tertiary alicyclic amines) is 2. The number of nitrogens with zero attached hydrogens (tertiary/aromatic N) is 4. The molecule has 0 spiro atoms. The van der Waals surface area contributed by atoms with Gasteiger partial charge in [-0.2, -0.15) is 0 Å². The van der Waals surface area contributed by atoms with Gasteiger partial charge >= 0.3 is 18.2 Å². The number of aliphatic carboxylic acids is 1. The number of alkyl carbamates (subject to hydrolysis) is 2. The minimum absolute atomic E-state index is 0. The van der Waals surface area contributed by atoms with Crippen LogP contribution in [0.15, 0.2) is 60.7 Å². The number of amides is 10.